The summed E-state index contributed by atoms with van der Waals surface area (Å²) in [4.78, 5) is 19.7. The molecule has 0 bridgehead atoms. The molecule has 6 nitrogen and oxygen atoms in total. The summed E-state index contributed by atoms with van der Waals surface area (Å²) >= 11 is 0. The number of likely N-dealkylation sites (tertiary alicyclic amines) is 1. The fraction of sp³-hybridized carbons (Fsp3) is 0.231. The van der Waals surface area contributed by atoms with Gasteiger partial charge in [-0.05, 0) is 61.4 Å². The lowest BCUT2D eigenvalue weighted by Gasteiger charge is -2.32. The number of ether oxygens (including phenoxy) is 1. The molecule has 1 fully saturated rings. The van der Waals surface area contributed by atoms with Gasteiger partial charge < -0.3 is 19.4 Å². The molecule has 1 unspecified atom stereocenters. The molecule has 168 valence electrons. The van der Waals surface area contributed by atoms with Crippen molar-refractivity contribution in [1.82, 2.24) is 14.3 Å². The zero-order chi connectivity index (χ0) is 22.8. The van der Waals surface area contributed by atoms with Gasteiger partial charge in [-0.25, -0.2) is 14.2 Å². The molecule has 2 aromatic heterocycles. The van der Waals surface area contributed by atoms with E-state index < -0.39 is 0 Å². The predicted octanol–water partition coefficient (Wildman–Crippen LogP) is 5.56. The SMILES string of the molecule is COc1cccc(-c2nc(C3CCCN(C(=O)Nc4ccc(F)cc4)C3)n3ccccc23)c1. The van der Waals surface area contributed by atoms with Crippen molar-refractivity contribution in [3.63, 3.8) is 0 Å². The van der Waals surface area contributed by atoms with Crippen LogP contribution in [-0.2, 0) is 0 Å². The van der Waals surface area contributed by atoms with E-state index >= 15 is 0 Å². The number of rotatable bonds is 4. The van der Waals surface area contributed by atoms with Crippen molar-refractivity contribution in [2.24, 2.45) is 0 Å². The molecule has 2 aromatic carbocycles. The molecule has 33 heavy (non-hydrogen) atoms. The number of aromatic nitrogens is 2. The van der Waals surface area contributed by atoms with Crippen molar-refractivity contribution in [3.8, 4) is 17.0 Å². The zero-order valence-electron chi connectivity index (χ0n) is 18.4. The van der Waals surface area contributed by atoms with E-state index in [1.807, 2.05) is 47.5 Å². The van der Waals surface area contributed by atoms with Gasteiger partial charge in [0.25, 0.3) is 0 Å². The zero-order valence-corrected chi connectivity index (χ0v) is 18.4. The lowest BCUT2D eigenvalue weighted by molar-refractivity contribution is 0.191. The number of hydrogen-bond donors (Lipinski definition) is 1. The topological polar surface area (TPSA) is 58.9 Å². The number of methoxy groups -OCH3 is 1. The van der Waals surface area contributed by atoms with Gasteiger partial charge >= 0.3 is 6.03 Å². The fourth-order valence-corrected chi connectivity index (χ4v) is 4.44. The van der Waals surface area contributed by atoms with Crippen LogP contribution in [0, 0.1) is 5.82 Å². The smallest absolute Gasteiger partial charge is 0.321 e. The van der Waals surface area contributed by atoms with E-state index in [9.17, 15) is 9.18 Å². The Hall–Kier alpha value is -3.87. The maximum Gasteiger partial charge on any atom is 0.321 e. The largest absolute Gasteiger partial charge is 0.497 e. The third kappa shape index (κ3) is 4.26. The van der Waals surface area contributed by atoms with Gasteiger partial charge in [-0.3, -0.25) is 0 Å². The second-order valence-electron chi connectivity index (χ2n) is 8.23. The van der Waals surface area contributed by atoms with E-state index in [1.165, 1.54) is 12.1 Å². The first-order valence-corrected chi connectivity index (χ1v) is 11.1. The van der Waals surface area contributed by atoms with Crippen molar-refractivity contribution in [2.45, 2.75) is 18.8 Å². The molecule has 1 saturated heterocycles. The Morgan fingerprint density at radius 2 is 1.97 bits per heavy atom. The molecule has 0 spiro atoms. The van der Waals surface area contributed by atoms with Gasteiger partial charge in [0.05, 0.1) is 18.3 Å². The van der Waals surface area contributed by atoms with Crippen molar-refractivity contribution < 1.29 is 13.9 Å². The Labute approximate surface area is 191 Å². The van der Waals surface area contributed by atoms with Crippen LogP contribution in [0.4, 0.5) is 14.9 Å². The Morgan fingerprint density at radius 1 is 1.12 bits per heavy atom. The highest BCUT2D eigenvalue weighted by Gasteiger charge is 2.28. The molecule has 0 aliphatic carbocycles. The van der Waals surface area contributed by atoms with Crippen molar-refractivity contribution in [1.29, 1.82) is 0 Å². The Balaban J connectivity index is 1.43. The van der Waals surface area contributed by atoms with Gasteiger partial charge in [0.15, 0.2) is 0 Å². The van der Waals surface area contributed by atoms with Gasteiger partial charge in [0.1, 0.15) is 17.4 Å². The number of benzene rings is 2. The van der Waals surface area contributed by atoms with Crippen LogP contribution in [0.15, 0.2) is 72.9 Å². The van der Waals surface area contributed by atoms with E-state index in [-0.39, 0.29) is 17.8 Å². The number of pyridine rings is 1. The predicted molar refractivity (Wildman–Crippen MR) is 126 cm³/mol. The molecule has 1 aliphatic heterocycles. The van der Waals surface area contributed by atoms with E-state index in [1.54, 1.807) is 19.2 Å². The minimum absolute atomic E-state index is 0.104. The normalized spacial score (nSPS) is 16.1. The monoisotopic (exact) mass is 444 g/mol. The van der Waals surface area contributed by atoms with Crippen molar-refractivity contribution >= 4 is 17.2 Å². The first kappa shape index (κ1) is 21.0. The Bertz CT molecular complexity index is 1290. The van der Waals surface area contributed by atoms with Crippen LogP contribution in [0.5, 0.6) is 5.75 Å². The van der Waals surface area contributed by atoms with Crippen LogP contribution in [0.3, 0.4) is 0 Å². The highest BCUT2D eigenvalue weighted by atomic mass is 19.1. The highest BCUT2D eigenvalue weighted by molar-refractivity contribution is 5.89. The standard InChI is InChI=1S/C26H25FN4O2/c1-33-22-8-4-6-18(16-22)24-23-9-2-3-15-31(23)25(29-24)19-7-5-14-30(17-19)26(32)28-21-12-10-20(27)11-13-21/h2-4,6,8-13,15-16,19H,5,7,14,17H2,1H3,(H,28,32). The molecule has 7 heteroatoms. The first-order valence-electron chi connectivity index (χ1n) is 11.1. The van der Waals surface area contributed by atoms with Crippen LogP contribution in [0.2, 0.25) is 0 Å². The van der Waals surface area contributed by atoms with Crippen molar-refractivity contribution in [2.75, 3.05) is 25.5 Å². The number of anilines is 1. The number of hydrogen-bond acceptors (Lipinski definition) is 3. The summed E-state index contributed by atoms with van der Waals surface area (Å²) in [5, 5.41) is 2.87. The third-order valence-corrected chi connectivity index (χ3v) is 6.09. The Kier molecular flexibility index (Phi) is 5.69. The number of amides is 2. The van der Waals surface area contributed by atoms with Gasteiger partial charge in [0.2, 0.25) is 0 Å². The molecule has 0 radical (unpaired) electrons. The summed E-state index contributed by atoms with van der Waals surface area (Å²) in [6, 6.07) is 19.6. The quantitative estimate of drug-likeness (QED) is 0.448. The lowest BCUT2D eigenvalue weighted by Crippen LogP contribution is -2.42. The second-order valence-corrected chi connectivity index (χ2v) is 8.23. The molecular weight excluding hydrogens is 419 g/mol. The molecule has 1 N–H and O–H groups in total. The van der Waals surface area contributed by atoms with Gasteiger partial charge in [-0.1, -0.05) is 18.2 Å². The van der Waals surface area contributed by atoms with Crippen LogP contribution < -0.4 is 10.1 Å². The number of nitrogens with zero attached hydrogens (tertiary/aromatic N) is 3. The van der Waals surface area contributed by atoms with Crippen molar-refractivity contribution in [3.05, 3.63) is 84.6 Å². The average molecular weight is 445 g/mol. The summed E-state index contributed by atoms with van der Waals surface area (Å²) in [6.07, 6.45) is 3.86. The summed E-state index contributed by atoms with van der Waals surface area (Å²) in [5.41, 5.74) is 3.49. The number of carbonyl (C=O) groups excluding carboxylic acids is 1. The molecule has 5 rings (SSSR count). The summed E-state index contributed by atoms with van der Waals surface area (Å²) in [5.74, 6) is 1.51. The number of imidazole rings is 1. The number of nitrogens with one attached hydrogen (secondary N) is 1. The lowest BCUT2D eigenvalue weighted by atomic mass is 9.97. The number of halogens is 1. The van der Waals surface area contributed by atoms with Gasteiger partial charge in [-0.2, -0.15) is 0 Å². The van der Waals surface area contributed by atoms with Crippen LogP contribution in [0.25, 0.3) is 16.8 Å². The minimum Gasteiger partial charge on any atom is -0.497 e. The van der Waals surface area contributed by atoms with E-state index in [2.05, 4.69) is 15.8 Å². The summed E-state index contributed by atoms with van der Waals surface area (Å²) < 4.78 is 20.7. The molecule has 0 saturated carbocycles. The van der Waals surface area contributed by atoms with Gasteiger partial charge in [-0.15, -0.1) is 0 Å². The number of fused-ring (bicyclic) bond motifs is 1. The third-order valence-electron chi connectivity index (χ3n) is 6.09. The minimum atomic E-state index is -0.330. The maximum atomic E-state index is 13.2. The van der Waals surface area contributed by atoms with Crippen LogP contribution in [-0.4, -0.2) is 40.5 Å². The molecular formula is C26H25FN4O2. The number of urea groups is 1. The average Bonchev–Trinajstić information content (AvgIpc) is 3.25. The van der Waals surface area contributed by atoms with Crippen LogP contribution in [0.1, 0.15) is 24.6 Å². The number of carbonyl (C=O) groups is 1. The summed E-state index contributed by atoms with van der Waals surface area (Å²) in [7, 11) is 1.66. The van der Waals surface area contributed by atoms with E-state index in [0.717, 1.165) is 41.2 Å². The molecule has 1 aliphatic rings. The van der Waals surface area contributed by atoms with E-state index in [4.69, 9.17) is 9.72 Å². The van der Waals surface area contributed by atoms with Crippen LogP contribution >= 0.6 is 0 Å². The van der Waals surface area contributed by atoms with Gasteiger partial charge in [0, 0.05) is 36.5 Å². The molecule has 4 aromatic rings. The molecule has 2 amide bonds. The van der Waals surface area contributed by atoms with E-state index in [0.29, 0.717) is 18.8 Å². The Morgan fingerprint density at radius 3 is 2.79 bits per heavy atom. The first-order chi connectivity index (χ1) is 16.1. The number of piperidine rings is 1. The maximum absolute atomic E-state index is 13.2. The highest BCUT2D eigenvalue weighted by Crippen LogP contribution is 2.33. The second kappa shape index (κ2) is 8.94. The summed E-state index contributed by atoms with van der Waals surface area (Å²) in [6.45, 7) is 1.24. The molecule has 3 heterocycles. The fourth-order valence-electron chi connectivity index (χ4n) is 4.44. The molecule has 1 atom stereocenters.